The van der Waals surface area contributed by atoms with Gasteiger partial charge in [0.25, 0.3) is 0 Å². The molecule has 1 saturated heterocycles. The average Bonchev–Trinajstić information content (AvgIpc) is 2.55. The zero-order valence-corrected chi connectivity index (χ0v) is 13.5. The van der Waals surface area contributed by atoms with Crippen molar-refractivity contribution in [3.8, 4) is 16.9 Å². The molecule has 1 aliphatic rings. The zero-order valence-electron chi connectivity index (χ0n) is 11.9. The molecule has 1 fully saturated rings. The highest BCUT2D eigenvalue weighted by molar-refractivity contribution is 9.10. The fourth-order valence-corrected chi connectivity index (χ4v) is 3.07. The highest BCUT2D eigenvalue weighted by Gasteiger charge is 2.14. The van der Waals surface area contributed by atoms with Crippen LogP contribution in [0, 0.1) is 5.92 Å². The van der Waals surface area contributed by atoms with E-state index in [4.69, 9.17) is 9.47 Å². The predicted octanol–water partition coefficient (Wildman–Crippen LogP) is 4.92. The Labute approximate surface area is 134 Å². The van der Waals surface area contributed by atoms with Gasteiger partial charge in [-0.15, -0.1) is 0 Å². The maximum absolute atomic E-state index is 5.90. The molecule has 0 atom stereocenters. The van der Waals surface area contributed by atoms with Crippen molar-refractivity contribution in [3.63, 3.8) is 0 Å². The van der Waals surface area contributed by atoms with Crippen LogP contribution in [0.1, 0.15) is 12.8 Å². The molecule has 0 N–H and O–H groups in total. The standard InChI is InChI=1S/C18H19BrO2/c19-18-4-2-1-3-17(18)15-5-7-16(8-6-15)21-13-14-9-11-20-12-10-14/h1-8,14H,9-13H2. The molecule has 3 rings (SSSR count). The van der Waals surface area contributed by atoms with Crippen LogP contribution in [0.5, 0.6) is 5.75 Å². The van der Waals surface area contributed by atoms with Gasteiger partial charge in [-0.25, -0.2) is 0 Å². The van der Waals surface area contributed by atoms with Gasteiger partial charge in [0.1, 0.15) is 5.75 Å². The van der Waals surface area contributed by atoms with Crippen LogP contribution in [0.25, 0.3) is 11.1 Å². The van der Waals surface area contributed by atoms with Crippen molar-refractivity contribution in [1.29, 1.82) is 0 Å². The van der Waals surface area contributed by atoms with Gasteiger partial charge in [-0.3, -0.25) is 0 Å². The first-order valence-corrected chi connectivity index (χ1v) is 8.18. The third kappa shape index (κ3) is 3.86. The number of hydrogen-bond donors (Lipinski definition) is 0. The first kappa shape index (κ1) is 14.6. The minimum atomic E-state index is 0.627. The topological polar surface area (TPSA) is 18.5 Å². The van der Waals surface area contributed by atoms with Crippen LogP contribution in [-0.4, -0.2) is 19.8 Å². The summed E-state index contributed by atoms with van der Waals surface area (Å²) in [5.74, 6) is 1.57. The number of hydrogen-bond acceptors (Lipinski definition) is 2. The van der Waals surface area contributed by atoms with Crippen molar-refractivity contribution < 1.29 is 9.47 Å². The van der Waals surface area contributed by atoms with Gasteiger partial charge >= 0.3 is 0 Å². The number of halogens is 1. The highest BCUT2D eigenvalue weighted by Crippen LogP contribution is 2.29. The molecule has 2 nitrogen and oxygen atoms in total. The molecule has 1 aliphatic heterocycles. The fraction of sp³-hybridized carbons (Fsp3) is 0.333. The molecule has 3 heteroatoms. The second-order valence-corrected chi connectivity index (χ2v) is 6.23. The van der Waals surface area contributed by atoms with Crippen LogP contribution in [0.4, 0.5) is 0 Å². The molecule has 110 valence electrons. The molecule has 1 heterocycles. The lowest BCUT2D eigenvalue weighted by Crippen LogP contribution is -2.21. The highest BCUT2D eigenvalue weighted by atomic mass is 79.9. The minimum Gasteiger partial charge on any atom is -0.493 e. The van der Waals surface area contributed by atoms with Gasteiger partial charge in [0.15, 0.2) is 0 Å². The Morgan fingerprint density at radius 1 is 1.00 bits per heavy atom. The van der Waals surface area contributed by atoms with E-state index in [1.54, 1.807) is 0 Å². The van der Waals surface area contributed by atoms with E-state index in [1.807, 2.05) is 18.2 Å². The van der Waals surface area contributed by atoms with Gasteiger partial charge < -0.3 is 9.47 Å². The number of ether oxygens (including phenoxy) is 2. The molecule has 0 saturated carbocycles. The van der Waals surface area contributed by atoms with E-state index in [0.717, 1.165) is 42.9 Å². The Kier molecular flexibility index (Phi) is 4.94. The third-order valence-electron chi connectivity index (χ3n) is 3.87. The van der Waals surface area contributed by atoms with Crippen LogP contribution in [0.15, 0.2) is 53.0 Å². The summed E-state index contributed by atoms with van der Waals surface area (Å²) in [4.78, 5) is 0. The van der Waals surface area contributed by atoms with Gasteiger partial charge in [-0.2, -0.15) is 0 Å². The maximum Gasteiger partial charge on any atom is 0.119 e. The summed E-state index contributed by atoms with van der Waals surface area (Å²) in [6.45, 7) is 2.53. The second kappa shape index (κ2) is 7.10. The van der Waals surface area contributed by atoms with Gasteiger partial charge in [0, 0.05) is 17.7 Å². The molecule has 0 radical (unpaired) electrons. The van der Waals surface area contributed by atoms with Crippen molar-refractivity contribution in [2.24, 2.45) is 5.92 Å². The Morgan fingerprint density at radius 2 is 1.71 bits per heavy atom. The predicted molar refractivity (Wildman–Crippen MR) is 88.6 cm³/mol. The van der Waals surface area contributed by atoms with Crippen molar-refractivity contribution >= 4 is 15.9 Å². The SMILES string of the molecule is Brc1ccccc1-c1ccc(OCC2CCOCC2)cc1. The molecule has 0 aliphatic carbocycles. The number of benzene rings is 2. The molecular formula is C18H19BrO2. The van der Waals surface area contributed by atoms with Crippen molar-refractivity contribution in [2.45, 2.75) is 12.8 Å². The summed E-state index contributed by atoms with van der Waals surface area (Å²) in [6, 6.07) is 16.6. The van der Waals surface area contributed by atoms with E-state index in [2.05, 4.69) is 46.3 Å². The summed E-state index contributed by atoms with van der Waals surface area (Å²) >= 11 is 3.59. The normalized spacial score (nSPS) is 15.9. The van der Waals surface area contributed by atoms with E-state index in [-0.39, 0.29) is 0 Å². The van der Waals surface area contributed by atoms with Crippen molar-refractivity contribution in [2.75, 3.05) is 19.8 Å². The Hall–Kier alpha value is -1.32. The molecule has 0 amide bonds. The molecule has 0 spiro atoms. The monoisotopic (exact) mass is 346 g/mol. The van der Waals surface area contributed by atoms with E-state index in [0.29, 0.717) is 5.92 Å². The summed E-state index contributed by atoms with van der Waals surface area (Å²) in [5, 5.41) is 0. The first-order chi connectivity index (χ1) is 10.3. The lowest BCUT2D eigenvalue weighted by atomic mass is 10.0. The number of rotatable bonds is 4. The molecule has 0 unspecified atom stereocenters. The van der Waals surface area contributed by atoms with Crippen LogP contribution in [0.2, 0.25) is 0 Å². The van der Waals surface area contributed by atoms with E-state index < -0.39 is 0 Å². The van der Waals surface area contributed by atoms with Crippen LogP contribution < -0.4 is 4.74 Å². The van der Waals surface area contributed by atoms with Crippen molar-refractivity contribution in [1.82, 2.24) is 0 Å². The van der Waals surface area contributed by atoms with Gasteiger partial charge in [-0.1, -0.05) is 46.3 Å². The summed E-state index contributed by atoms with van der Waals surface area (Å²) in [7, 11) is 0. The van der Waals surface area contributed by atoms with E-state index in [9.17, 15) is 0 Å². The molecule has 0 aromatic heterocycles. The molecule has 2 aromatic carbocycles. The second-order valence-electron chi connectivity index (χ2n) is 5.37. The fourth-order valence-electron chi connectivity index (χ4n) is 2.55. The largest absolute Gasteiger partial charge is 0.493 e. The minimum absolute atomic E-state index is 0.627. The summed E-state index contributed by atoms with van der Waals surface area (Å²) in [5.41, 5.74) is 2.40. The zero-order chi connectivity index (χ0) is 14.5. The summed E-state index contributed by atoms with van der Waals surface area (Å²) in [6.07, 6.45) is 2.21. The van der Waals surface area contributed by atoms with Crippen molar-refractivity contribution in [3.05, 3.63) is 53.0 Å². The quantitative estimate of drug-likeness (QED) is 0.781. The maximum atomic E-state index is 5.90. The average molecular weight is 347 g/mol. The van der Waals surface area contributed by atoms with Gasteiger partial charge in [-0.05, 0) is 48.1 Å². The smallest absolute Gasteiger partial charge is 0.119 e. The molecule has 21 heavy (non-hydrogen) atoms. The Bertz CT molecular complexity index is 574. The van der Waals surface area contributed by atoms with Gasteiger partial charge in [0.2, 0.25) is 0 Å². The Balaban J connectivity index is 1.63. The third-order valence-corrected chi connectivity index (χ3v) is 4.56. The van der Waals surface area contributed by atoms with Gasteiger partial charge in [0.05, 0.1) is 6.61 Å². The van der Waals surface area contributed by atoms with E-state index in [1.165, 1.54) is 11.1 Å². The molecule has 0 bridgehead atoms. The van der Waals surface area contributed by atoms with Crippen LogP contribution >= 0.6 is 15.9 Å². The Morgan fingerprint density at radius 3 is 2.43 bits per heavy atom. The molecule has 2 aromatic rings. The first-order valence-electron chi connectivity index (χ1n) is 7.38. The van der Waals surface area contributed by atoms with Crippen LogP contribution in [-0.2, 0) is 4.74 Å². The van der Waals surface area contributed by atoms with E-state index >= 15 is 0 Å². The molecular weight excluding hydrogens is 328 g/mol. The summed E-state index contributed by atoms with van der Waals surface area (Å²) < 4.78 is 12.4. The van der Waals surface area contributed by atoms with Crippen LogP contribution in [0.3, 0.4) is 0 Å². The lowest BCUT2D eigenvalue weighted by Gasteiger charge is -2.22. The lowest BCUT2D eigenvalue weighted by molar-refractivity contribution is 0.0497.